The third kappa shape index (κ3) is 8.94. The molecule has 2 saturated carbocycles. The molecule has 1 aromatic heterocycles. The number of carbonyl (C=O) groups excluding carboxylic acids is 2. The summed E-state index contributed by atoms with van der Waals surface area (Å²) >= 11 is 0. The fourth-order valence-electron chi connectivity index (χ4n) is 7.48. The Morgan fingerprint density at radius 1 is 0.927 bits per heavy atom. The van der Waals surface area contributed by atoms with Crippen LogP contribution in [0.1, 0.15) is 91.3 Å². The van der Waals surface area contributed by atoms with Gasteiger partial charge in [-0.25, -0.2) is 9.59 Å². The summed E-state index contributed by atoms with van der Waals surface area (Å²) in [5.74, 6) is -0.117. The minimum Gasteiger partial charge on any atom is -0.444 e. The zero-order valence-corrected chi connectivity index (χ0v) is 25.5. The summed E-state index contributed by atoms with van der Waals surface area (Å²) in [6.45, 7) is 14.8. The number of anilines is 1. The predicted molar refractivity (Wildman–Crippen MR) is 154 cm³/mol. The molecule has 3 amide bonds. The monoisotopic (exact) mass is 567 g/mol. The normalized spacial score (nSPS) is 28.4. The first kappa shape index (κ1) is 31.9. The number of nitrogens with one attached hydrogen (secondary N) is 4. The van der Waals surface area contributed by atoms with Crippen LogP contribution in [0.2, 0.25) is 0 Å². The minimum absolute atomic E-state index is 0.00689. The highest BCUT2D eigenvalue weighted by Crippen LogP contribution is 2.49. The molecule has 0 radical (unpaired) electrons. The van der Waals surface area contributed by atoms with Crippen molar-refractivity contribution in [3.8, 4) is 12.1 Å². The molecule has 3 rings (SSSR count). The Morgan fingerprint density at radius 3 is 1.93 bits per heavy atom. The second-order valence-electron chi connectivity index (χ2n) is 14.5. The number of aromatic nitrogens is 2. The van der Waals surface area contributed by atoms with Crippen molar-refractivity contribution in [3.05, 3.63) is 21.6 Å². The van der Waals surface area contributed by atoms with E-state index in [9.17, 15) is 24.9 Å². The van der Waals surface area contributed by atoms with E-state index in [0.29, 0.717) is 31.6 Å². The quantitative estimate of drug-likeness (QED) is 0.353. The molecule has 11 nitrogen and oxygen atoms in total. The molecule has 0 aliphatic heterocycles. The molecular weight excluding hydrogens is 522 g/mol. The van der Waals surface area contributed by atoms with Crippen molar-refractivity contribution in [2.45, 2.75) is 93.6 Å². The topological polar surface area (TPSA) is 173 Å². The van der Waals surface area contributed by atoms with Crippen molar-refractivity contribution >= 4 is 18.1 Å². The number of aromatic amines is 1. The molecule has 0 saturated heterocycles. The van der Waals surface area contributed by atoms with Crippen molar-refractivity contribution in [1.29, 1.82) is 10.5 Å². The van der Waals surface area contributed by atoms with Gasteiger partial charge in [-0.1, -0.05) is 41.5 Å². The van der Waals surface area contributed by atoms with Crippen molar-refractivity contribution in [2.24, 2.45) is 33.5 Å². The molecule has 0 aromatic carbocycles. The van der Waals surface area contributed by atoms with Gasteiger partial charge in [-0.2, -0.15) is 15.5 Å². The molecule has 2 fully saturated rings. The summed E-state index contributed by atoms with van der Waals surface area (Å²) in [5.41, 5.74) is -0.446. The number of hydrogen-bond donors (Lipinski definition) is 4. The van der Waals surface area contributed by atoms with E-state index in [4.69, 9.17) is 4.74 Å². The van der Waals surface area contributed by atoms with Gasteiger partial charge in [-0.05, 0) is 67.1 Å². The van der Waals surface area contributed by atoms with Crippen molar-refractivity contribution in [3.63, 3.8) is 0 Å². The number of nitrogens with zero attached hydrogens (tertiary/aromatic N) is 3. The fraction of sp³-hybridized carbons (Fsp3) is 0.733. The Balaban J connectivity index is 1.52. The van der Waals surface area contributed by atoms with Crippen LogP contribution in [0.3, 0.4) is 0 Å². The lowest BCUT2D eigenvalue weighted by atomic mass is 9.61. The van der Waals surface area contributed by atoms with Crippen LogP contribution in [-0.4, -0.2) is 35.2 Å². The standard InChI is InChI=1S/C30H45N7O4/c1-19-22(14-41-26(40)34-18-30(7)11-21(13-32)9-28(4,5)16-30)23(38)36-24(35-19)37-25(39)33-17-29(6)10-20(12-31)8-27(2,3)15-29/h20-21H,8-11,14-18H2,1-7H3,(H,34,40)(H3,33,35,36,37,38,39). The number of carbonyl (C=O) groups is 2. The number of alkyl carbamates (subject to hydrolysis) is 1. The SMILES string of the molecule is Cc1[nH]c(NC(=O)NCC2(C)CC(C#N)CC(C)(C)C2)nc(=O)c1COC(=O)NCC1(C)CC(C#N)CC(C)(C)C1. The van der Waals surface area contributed by atoms with Gasteiger partial charge in [0.05, 0.1) is 17.7 Å². The van der Waals surface area contributed by atoms with Crippen LogP contribution in [0.15, 0.2) is 4.79 Å². The summed E-state index contributed by atoms with van der Waals surface area (Å²) in [5, 5.41) is 27.1. The molecule has 224 valence electrons. The average Bonchev–Trinajstić information content (AvgIpc) is 2.83. The molecule has 2 aliphatic carbocycles. The number of rotatable bonds is 7. The fourth-order valence-corrected chi connectivity index (χ4v) is 7.48. The maximum atomic E-state index is 12.7. The number of nitriles is 2. The largest absolute Gasteiger partial charge is 0.444 e. The van der Waals surface area contributed by atoms with Gasteiger partial charge in [0, 0.05) is 30.6 Å². The molecule has 1 aromatic rings. The van der Waals surface area contributed by atoms with Crippen LogP contribution in [0.5, 0.6) is 0 Å². The highest BCUT2D eigenvalue weighted by Gasteiger charge is 2.42. The maximum Gasteiger partial charge on any atom is 0.407 e. The Kier molecular flexibility index (Phi) is 9.42. The van der Waals surface area contributed by atoms with E-state index in [1.54, 1.807) is 6.92 Å². The first-order chi connectivity index (χ1) is 19.0. The van der Waals surface area contributed by atoms with Crippen LogP contribution in [0, 0.1) is 63.1 Å². The average molecular weight is 568 g/mol. The molecule has 0 bridgehead atoms. The van der Waals surface area contributed by atoms with Gasteiger partial charge >= 0.3 is 12.1 Å². The molecule has 41 heavy (non-hydrogen) atoms. The van der Waals surface area contributed by atoms with E-state index in [2.05, 4.69) is 79.6 Å². The second kappa shape index (κ2) is 12.1. The van der Waals surface area contributed by atoms with Gasteiger partial charge in [-0.3, -0.25) is 10.1 Å². The van der Waals surface area contributed by atoms with Crippen LogP contribution < -0.4 is 21.5 Å². The summed E-state index contributed by atoms with van der Waals surface area (Å²) in [4.78, 5) is 44.5. The minimum atomic E-state index is -0.651. The van der Waals surface area contributed by atoms with Gasteiger partial charge in [0.1, 0.15) is 6.61 Å². The third-order valence-electron chi connectivity index (χ3n) is 8.40. The van der Waals surface area contributed by atoms with E-state index in [0.717, 1.165) is 25.7 Å². The zero-order chi connectivity index (χ0) is 30.6. The maximum absolute atomic E-state index is 12.7. The van der Waals surface area contributed by atoms with Gasteiger partial charge in [0.15, 0.2) is 0 Å². The van der Waals surface area contributed by atoms with Crippen LogP contribution in [0.25, 0.3) is 0 Å². The highest BCUT2D eigenvalue weighted by atomic mass is 16.5. The Bertz CT molecular complexity index is 1290. The van der Waals surface area contributed by atoms with Crippen molar-refractivity contribution in [1.82, 2.24) is 20.6 Å². The van der Waals surface area contributed by atoms with E-state index in [1.165, 1.54) is 0 Å². The molecule has 4 N–H and O–H groups in total. The smallest absolute Gasteiger partial charge is 0.407 e. The number of amides is 3. The van der Waals surface area contributed by atoms with Gasteiger partial charge < -0.3 is 20.4 Å². The number of hydrogen-bond acceptors (Lipinski definition) is 7. The Hall–Kier alpha value is -3.60. The first-order valence-corrected chi connectivity index (χ1v) is 14.3. The van der Waals surface area contributed by atoms with Crippen LogP contribution in [-0.2, 0) is 11.3 Å². The zero-order valence-electron chi connectivity index (χ0n) is 25.5. The molecule has 4 unspecified atom stereocenters. The molecule has 0 spiro atoms. The predicted octanol–water partition coefficient (Wildman–Crippen LogP) is 5.14. The summed E-state index contributed by atoms with van der Waals surface area (Å²) in [6, 6.07) is 4.25. The number of urea groups is 1. The molecule has 2 aliphatic rings. The van der Waals surface area contributed by atoms with Gasteiger partial charge in [0.25, 0.3) is 5.56 Å². The highest BCUT2D eigenvalue weighted by molar-refractivity contribution is 5.87. The van der Waals surface area contributed by atoms with Crippen LogP contribution in [0.4, 0.5) is 15.5 Å². The molecular formula is C30H45N7O4. The summed E-state index contributed by atoms with van der Waals surface area (Å²) in [6.07, 6.45) is 4.20. The lowest BCUT2D eigenvalue weighted by molar-refractivity contribution is 0.0686. The molecule has 4 atom stereocenters. The van der Waals surface area contributed by atoms with E-state index in [-0.39, 0.29) is 51.6 Å². The summed E-state index contributed by atoms with van der Waals surface area (Å²) < 4.78 is 5.31. The Labute approximate surface area is 242 Å². The van der Waals surface area contributed by atoms with E-state index in [1.807, 2.05) is 0 Å². The first-order valence-electron chi connectivity index (χ1n) is 14.3. The van der Waals surface area contributed by atoms with Gasteiger partial charge in [-0.15, -0.1) is 0 Å². The van der Waals surface area contributed by atoms with Crippen molar-refractivity contribution in [2.75, 3.05) is 18.4 Å². The van der Waals surface area contributed by atoms with Crippen LogP contribution >= 0.6 is 0 Å². The van der Waals surface area contributed by atoms with Crippen molar-refractivity contribution < 1.29 is 14.3 Å². The summed E-state index contributed by atoms with van der Waals surface area (Å²) in [7, 11) is 0. The Morgan fingerprint density at radius 2 is 1.44 bits per heavy atom. The molecule has 11 heteroatoms. The number of H-pyrrole nitrogens is 1. The third-order valence-corrected chi connectivity index (χ3v) is 8.40. The second-order valence-corrected chi connectivity index (χ2v) is 14.5. The van der Waals surface area contributed by atoms with E-state index >= 15 is 0 Å². The van der Waals surface area contributed by atoms with E-state index < -0.39 is 17.7 Å². The lowest BCUT2D eigenvalue weighted by Crippen LogP contribution is -2.44. The molecule has 1 heterocycles. The number of ether oxygens (including phenoxy) is 1. The number of aryl methyl sites for hydroxylation is 1. The lowest BCUT2D eigenvalue weighted by Gasteiger charge is -2.44. The van der Waals surface area contributed by atoms with Gasteiger partial charge in [0.2, 0.25) is 5.95 Å².